The molecule has 0 aliphatic carbocycles. The first-order chi connectivity index (χ1) is 8.31. The summed E-state index contributed by atoms with van der Waals surface area (Å²) in [5.41, 5.74) is 0.903. The molecule has 0 saturated heterocycles. The van der Waals surface area contributed by atoms with Gasteiger partial charge in [-0.25, -0.2) is 0 Å². The summed E-state index contributed by atoms with van der Waals surface area (Å²) < 4.78 is 0. The molecule has 0 aliphatic rings. The van der Waals surface area contributed by atoms with Gasteiger partial charge in [0, 0.05) is 0 Å². The molecule has 88 valence electrons. The molecule has 2 N–H and O–H groups in total. The molecule has 1 amide bonds. The number of thiophene rings is 1. The van der Waals surface area contributed by atoms with Gasteiger partial charge in [0.25, 0.3) is 5.91 Å². The lowest BCUT2D eigenvalue weighted by atomic mass is 10.1. The maximum absolute atomic E-state index is 11.8. The third kappa shape index (κ3) is 2.93. The predicted molar refractivity (Wildman–Crippen MR) is 68.1 cm³/mol. The summed E-state index contributed by atoms with van der Waals surface area (Å²) in [5.74, 6) is -0.150. The van der Waals surface area contributed by atoms with Crippen LogP contribution in [0.15, 0.2) is 47.8 Å². The summed E-state index contributed by atoms with van der Waals surface area (Å²) in [4.78, 5) is 12.5. The minimum absolute atomic E-state index is 0.110. The van der Waals surface area contributed by atoms with Gasteiger partial charge in [-0.1, -0.05) is 36.4 Å². The fourth-order valence-corrected chi connectivity index (χ4v) is 2.18. The standard InChI is InChI=1S/C13H13NO2S/c15-9-11(10-5-2-1-3-6-10)14-13(16)12-7-4-8-17-12/h1-8,11,15H,9H2,(H,14,16)/t11-/m0/s1. The molecule has 1 aromatic heterocycles. The van der Waals surface area contributed by atoms with Crippen LogP contribution in [0.2, 0.25) is 0 Å². The summed E-state index contributed by atoms with van der Waals surface area (Å²) >= 11 is 1.39. The predicted octanol–water partition coefficient (Wildman–Crippen LogP) is 2.21. The van der Waals surface area contributed by atoms with Gasteiger partial charge in [-0.15, -0.1) is 11.3 Å². The lowest BCUT2D eigenvalue weighted by molar-refractivity contribution is 0.0920. The van der Waals surface area contributed by atoms with Crippen molar-refractivity contribution in [1.29, 1.82) is 0 Å². The third-order valence-corrected chi connectivity index (χ3v) is 3.30. The van der Waals surface area contributed by atoms with Crippen LogP contribution in [-0.4, -0.2) is 17.6 Å². The lowest BCUT2D eigenvalue weighted by Gasteiger charge is -2.15. The number of nitrogens with one attached hydrogen (secondary N) is 1. The second kappa shape index (κ2) is 5.61. The number of rotatable bonds is 4. The van der Waals surface area contributed by atoms with E-state index in [1.807, 2.05) is 41.8 Å². The summed E-state index contributed by atoms with van der Waals surface area (Å²) in [6, 6.07) is 12.7. The van der Waals surface area contributed by atoms with E-state index >= 15 is 0 Å². The molecular formula is C13H13NO2S. The molecule has 3 nitrogen and oxygen atoms in total. The van der Waals surface area contributed by atoms with Crippen LogP contribution in [0.5, 0.6) is 0 Å². The largest absolute Gasteiger partial charge is 0.394 e. The van der Waals surface area contributed by atoms with Gasteiger partial charge in [0.1, 0.15) is 0 Å². The number of hydrogen-bond donors (Lipinski definition) is 2. The van der Waals surface area contributed by atoms with E-state index in [1.165, 1.54) is 11.3 Å². The zero-order valence-corrected chi connectivity index (χ0v) is 9.98. The highest BCUT2D eigenvalue weighted by Gasteiger charge is 2.14. The number of carbonyl (C=O) groups is 1. The minimum atomic E-state index is -0.356. The van der Waals surface area contributed by atoms with E-state index in [9.17, 15) is 9.90 Å². The molecule has 0 saturated carbocycles. The van der Waals surface area contributed by atoms with E-state index in [2.05, 4.69) is 5.32 Å². The van der Waals surface area contributed by atoms with Crippen molar-refractivity contribution in [2.75, 3.05) is 6.61 Å². The number of aliphatic hydroxyl groups excluding tert-OH is 1. The number of benzene rings is 1. The van der Waals surface area contributed by atoms with Crippen molar-refractivity contribution in [3.8, 4) is 0 Å². The van der Waals surface area contributed by atoms with Crippen LogP contribution in [0, 0.1) is 0 Å². The van der Waals surface area contributed by atoms with Crippen LogP contribution >= 0.6 is 11.3 Å². The Morgan fingerprint density at radius 2 is 2.00 bits per heavy atom. The second-order valence-corrected chi connectivity index (χ2v) is 4.54. The van der Waals surface area contributed by atoms with E-state index in [1.54, 1.807) is 6.07 Å². The third-order valence-electron chi connectivity index (χ3n) is 2.43. The molecule has 2 rings (SSSR count). The average molecular weight is 247 g/mol. The zero-order chi connectivity index (χ0) is 12.1. The molecule has 0 bridgehead atoms. The molecule has 1 atom stereocenters. The van der Waals surface area contributed by atoms with Crippen molar-refractivity contribution in [2.45, 2.75) is 6.04 Å². The molecule has 4 heteroatoms. The van der Waals surface area contributed by atoms with E-state index in [-0.39, 0.29) is 18.6 Å². The first kappa shape index (κ1) is 11.8. The molecule has 17 heavy (non-hydrogen) atoms. The average Bonchev–Trinajstić information content (AvgIpc) is 2.90. The number of hydrogen-bond acceptors (Lipinski definition) is 3. The smallest absolute Gasteiger partial charge is 0.261 e. The first-order valence-electron chi connectivity index (χ1n) is 5.31. The van der Waals surface area contributed by atoms with Gasteiger partial charge in [0.05, 0.1) is 17.5 Å². The van der Waals surface area contributed by atoms with E-state index < -0.39 is 0 Å². The molecule has 0 aliphatic heterocycles. The normalized spacial score (nSPS) is 12.1. The van der Waals surface area contributed by atoms with Crippen LogP contribution in [0.4, 0.5) is 0 Å². The van der Waals surface area contributed by atoms with Gasteiger partial charge in [0.2, 0.25) is 0 Å². The maximum atomic E-state index is 11.8. The van der Waals surface area contributed by atoms with Crippen LogP contribution in [0.1, 0.15) is 21.3 Å². The monoisotopic (exact) mass is 247 g/mol. The first-order valence-corrected chi connectivity index (χ1v) is 6.19. The fraction of sp³-hybridized carbons (Fsp3) is 0.154. The Hall–Kier alpha value is -1.65. The summed E-state index contributed by atoms with van der Waals surface area (Å²) in [6.45, 7) is -0.110. The molecule has 1 aromatic carbocycles. The van der Waals surface area contributed by atoms with Crippen LogP contribution in [-0.2, 0) is 0 Å². The van der Waals surface area contributed by atoms with E-state index in [4.69, 9.17) is 0 Å². The highest BCUT2D eigenvalue weighted by Crippen LogP contribution is 2.14. The molecule has 1 heterocycles. The maximum Gasteiger partial charge on any atom is 0.261 e. The Kier molecular flexibility index (Phi) is 3.90. The Morgan fingerprint density at radius 1 is 1.24 bits per heavy atom. The second-order valence-electron chi connectivity index (χ2n) is 3.60. The fourth-order valence-electron chi connectivity index (χ4n) is 1.56. The van der Waals surface area contributed by atoms with Gasteiger partial charge in [-0.05, 0) is 17.0 Å². The zero-order valence-electron chi connectivity index (χ0n) is 9.17. The van der Waals surface area contributed by atoms with Crippen molar-refractivity contribution in [1.82, 2.24) is 5.32 Å². The Labute approximate surface area is 104 Å². The van der Waals surface area contributed by atoms with Crippen LogP contribution in [0.25, 0.3) is 0 Å². The number of carbonyl (C=O) groups excluding carboxylic acids is 1. The van der Waals surface area contributed by atoms with Gasteiger partial charge in [0.15, 0.2) is 0 Å². The van der Waals surface area contributed by atoms with Crippen LogP contribution < -0.4 is 5.32 Å². The Bertz CT molecular complexity index is 467. The van der Waals surface area contributed by atoms with Crippen molar-refractivity contribution in [3.05, 3.63) is 58.3 Å². The molecule has 0 spiro atoms. The van der Waals surface area contributed by atoms with E-state index in [0.29, 0.717) is 4.88 Å². The van der Waals surface area contributed by atoms with Gasteiger partial charge in [-0.3, -0.25) is 4.79 Å². The molecule has 2 aromatic rings. The van der Waals surface area contributed by atoms with Crippen molar-refractivity contribution >= 4 is 17.2 Å². The quantitative estimate of drug-likeness (QED) is 0.870. The Balaban J connectivity index is 2.09. The SMILES string of the molecule is O=C(N[C@@H](CO)c1ccccc1)c1cccs1. The molecule has 0 unspecified atom stereocenters. The number of aliphatic hydroxyl groups is 1. The highest BCUT2D eigenvalue weighted by atomic mass is 32.1. The summed E-state index contributed by atoms with van der Waals surface area (Å²) in [6.07, 6.45) is 0. The Morgan fingerprint density at radius 3 is 2.59 bits per heavy atom. The van der Waals surface area contributed by atoms with Crippen molar-refractivity contribution in [2.24, 2.45) is 0 Å². The highest BCUT2D eigenvalue weighted by molar-refractivity contribution is 7.12. The van der Waals surface area contributed by atoms with Crippen molar-refractivity contribution < 1.29 is 9.90 Å². The molecule has 0 fully saturated rings. The van der Waals surface area contributed by atoms with Crippen LogP contribution in [0.3, 0.4) is 0 Å². The summed E-state index contributed by atoms with van der Waals surface area (Å²) in [7, 11) is 0. The molecule has 0 radical (unpaired) electrons. The van der Waals surface area contributed by atoms with E-state index in [0.717, 1.165) is 5.56 Å². The summed E-state index contributed by atoms with van der Waals surface area (Å²) in [5, 5.41) is 14.0. The number of amides is 1. The molecular weight excluding hydrogens is 234 g/mol. The minimum Gasteiger partial charge on any atom is -0.394 e. The van der Waals surface area contributed by atoms with Gasteiger partial charge >= 0.3 is 0 Å². The lowest BCUT2D eigenvalue weighted by Crippen LogP contribution is -2.30. The van der Waals surface area contributed by atoms with Gasteiger partial charge in [-0.2, -0.15) is 0 Å². The van der Waals surface area contributed by atoms with Crippen molar-refractivity contribution in [3.63, 3.8) is 0 Å². The van der Waals surface area contributed by atoms with Gasteiger partial charge < -0.3 is 10.4 Å². The topological polar surface area (TPSA) is 49.3 Å².